The molecule has 0 saturated heterocycles. The Morgan fingerprint density at radius 3 is 2.56 bits per heavy atom. The average Bonchev–Trinajstić information content (AvgIpc) is 2.60. The lowest BCUT2D eigenvalue weighted by Crippen LogP contribution is -2.56. The van der Waals surface area contributed by atoms with Gasteiger partial charge in [-0.05, 0) is 32.3 Å². The normalized spacial score (nSPS) is 20.3. The molecule has 1 amide bonds. The molecule has 6 heteroatoms. The quantitative estimate of drug-likeness (QED) is 0.792. The van der Waals surface area contributed by atoms with Gasteiger partial charge in [-0.15, -0.1) is 0 Å². The molecule has 1 saturated carbocycles. The van der Waals surface area contributed by atoms with Crippen molar-refractivity contribution >= 4 is 12.1 Å². The van der Waals surface area contributed by atoms with E-state index < -0.39 is 5.97 Å². The first-order chi connectivity index (χ1) is 12.0. The zero-order valence-electron chi connectivity index (χ0n) is 15.0. The van der Waals surface area contributed by atoms with Gasteiger partial charge >= 0.3 is 12.1 Å². The number of aliphatic carboxylic acids is 1. The van der Waals surface area contributed by atoms with Crippen LogP contribution in [-0.2, 0) is 16.1 Å². The lowest BCUT2D eigenvalue weighted by molar-refractivity contribution is -0.136. The maximum absolute atomic E-state index is 12.7. The van der Waals surface area contributed by atoms with Crippen molar-refractivity contribution in [3.8, 4) is 0 Å². The number of hydrogen-bond acceptors (Lipinski definition) is 4. The van der Waals surface area contributed by atoms with Gasteiger partial charge in [0.15, 0.2) is 0 Å². The van der Waals surface area contributed by atoms with Crippen molar-refractivity contribution in [3.63, 3.8) is 0 Å². The molecule has 25 heavy (non-hydrogen) atoms. The minimum Gasteiger partial charge on any atom is -0.480 e. The third-order valence-corrected chi connectivity index (χ3v) is 4.57. The molecule has 6 nitrogen and oxygen atoms in total. The lowest BCUT2D eigenvalue weighted by atomic mass is 9.88. The predicted octanol–water partition coefficient (Wildman–Crippen LogP) is 3.02. The molecule has 0 unspecified atom stereocenters. The second-order valence-corrected chi connectivity index (χ2v) is 6.77. The molecule has 0 aromatic heterocycles. The summed E-state index contributed by atoms with van der Waals surface area (Å²) in [6, 6.07) is 9.52. The van der Waals surface area contributed by atoms with E-state index in [2.05, 4.69) is 5.32 Å². The summed E-state index contributed by atoms with van der Waals surface area (Å²) in [5, 5.41) is 12.0. The second kappa shape index (κ2) is 9.42. The molecule has 0 spiro atoms. The summed E-state index contributed by atoms with van der Waals surface area (Å²) in [5.74, 6) is -0.882. The third-order valence-electron chi connectivity index (χ3n) is 4.57. The van der Waals surface area contributed by atoms with Crippen molar-refractivity contribution in [2.24, 2.45) is 0 Å². The number of ether oxygens (including phenoxy) is 1. The van der Waals surface area contributed by atoms with E-state index >= 15 is 0 Å². The summed E-state index contributed by atoms with van der Waals surface area (Å²) in [6.45, 7) is 4.08. The first kappa shape index (κ1) is 19.2. The fourth-order valence-electron chi connectivity index (χ4n) is 3.42. The minimum atomic E-state index is -0.882. The van der Waals surface area contributed by atoms with Crippen molar-refractivity contribution in [1.82, 2.24) is 10.2 Å². The van der Waals surface area contributed by atoms with Gasteiger partial charge in [0.2, 0.25) is 0 Å². The van der Waals surface area contributed by atoms with Crippen LogP contribution in [0.25, 0.3) is 0 Å². The van der Waals surface area contributed by atoms with Crippen molar-refractivity contribution in [2.75, 3.05) is 6.54 Å². The minimum absolute atomic E-state index is 0.0134. The molecule has 0 radical (unpaired) electrons. The van der Waals surface area contributed by atoms with Crippen LogP contribution in [0.2, 0.25) is 0 Å². The molecule has 2 N–H and O–H groups in total. The zero-order valence-corrected chi connectivity index (χ0v) is 15.0. The van der Waals surface area contributed by atoms with Gasteiger partial charge < -0.3 is 20.1 Å². The van der Waals surface area contributed by atoms with Crippen molar-refractivity contribution in [3.05, 3.63) is 35.9 Å². The van der Waals surface area contributed by atoms with Crippen LogP contribution in [-0.4, -0.2) is 46.7 Å². The molecule has 0 heterocycles. The fourth-order valence-corrected chi connectivity index (χ4v) is 3.42. The second-order valence-electron chi connectivity index (χ2n) is 6.77. The van der Waals surface area contributed by atoms with Gasteiger partial charge in [0.05, 0.1) is 12.6 Å². The molecule has 1 aromatic rings. The Morgan fingerprint density at radius 2 is 1.92 bits per heavy atom. The van der Waals surface area contributed by atoms with Gasteiger partial charge in [-0.2, -0.15) is 0 Å². The molecule has 2 rings (SSSR count). The van der Waals surface area contributed by atoms with Gasteiger partial charge in [0.1, 0.15) is 6.61 Å². The van der Waals surface area contributed by atoms with Gasteiger partial charge in [-0.3, -0.25) is 4.79 Å². The van der Waals surface area contributed by atoms with Crippen molar-refractivity contribution in [2.45, 2.75) is 64.3 Å². The van der Waals surface area contributed by atoms with Crippen LogP contribution in [0, 0.1) is 0 Å². The van der Waals surface area contributed by atoms with E-state index in [1.165, 1.54) is 0 Å². The molecule has 1 aromatic carbocycles. The maximum atomic E-state index is 12.7. The van der Waals surface area contributed by atoms with Crippen LogP contribution in [0.5, 0.6) is 0 Å². The summed E-state index contributed by atoms with van der Waals surface area (Å²) in [5.41, 5.74) is 0.948. The topological polar surface area (TPSA) is 78.9 Å². The molecule has 2 atom stereocenters. The molecule has 0 bridgehead atoms. The van der Waals surface area contributed by atoms with Crippen molar-refractivity contribution < 1.29 is 19.4 Å². The Bertz CT molecular complexity index is 562. The highest BCUT2D eigenvalue weighted by Crippen LogP contribution is 2.26. The number of carbonyl (C=O) groups is 2. The number of rotatable bonds is 7. The predicted molar refractivity (Wildman–Crippen MR) is 95.3 cm³/mol. The van der Waals surface area contributed by atoms with E-state index in [1.54, 1.807) is 4.90 Å². The monoisotopic (exact) mass is 348 g/mol. The zero-order chi connectivity index (χ0) is 18.2. The highest BCUT2D eigenvalue weighted by Gasteiger charge is 2.35. The van der Waals surface area contributed by atoms with E-state index in [4.69, 9.17) is 9.84 Å². The fraction of sp³-hybridized carbons (Fsp3) is 0.579. The number of carbonyl (C=O) groups excluding carboxylic acids is 1. The van der Waals surface area contributed by atoms with E-state index in [-0.39, 0.29) is 37.4 Å². The number of nitrogens with one attached hydrogen (secondary N) is 1. The van der Waals surface area contributed by atoms with Crippen LogP contribution in [0.3, 0.4) is 0 Å². The van der Waals surface area contributed by atoms with Gasteiger partial charge in [0, 0.05) is 12.1 Å². The van der Waals surface area contributed by atoms with Gasteiger partial charge in [0.25, 0.3) is 0 Å². The molecule has 1 aliphatic carbocycles. The highest BCUT2D eigenvalue weighted by molar-refractivity contribution is 5.69. The van der Waals surface area contributed by atoms with Crippen LogP contribution < -0.4 is 5.32 Å². The molecule has 1 aliphatic rings. The standard InChI is InChI=1S/C19H28N2O4/c1-14(2)21(19(24)25-13-15-8-4-3-5-9-15)17-11-7-6-10-16(17)20-12-18(22)23/h3-5,8-9,14,16-17,20H,6-7,10-13H2,1-2H3,(H,22,23)/t16-,17+/m1/s1. The summed E-state index contributed by atoms with van der Waals surface area (Å²) in [4.78, 5) is 25.3. The lowest BCUT2D eigenvalue weighted by Gasteiger charge is -2.41. The average molecular weight is 348 g/mol. The summed E-state index contributed by atoms with van der Waals surface area (Å²) >= 11 is 0. The van der Waals surface area contributed by atoms with Crippen molar-refractivity contribution in [1.29, 1.82) is 0 Å². The largest absolute Gasteiger partial charge is 0.480 e. The van der Waals surface area contributed by atoms with E-state index in [0.717, 1.165) is 31.2 Å². The third kappa shape index (κ3) is 5.74. The Labute approximate surface area is 149 Å². The van der Waals surface area contributed by atoms with Gasteiger partial charge in [-0.1, -0.05) is 43.2 Å². The Kier molecular flexibility index (Phi) is 7.25. The molecular formula is C19H28N2O4. The van der Waals surface area contributed by atoms with Crippen LogP contribution >= 0.6 is 0 Å². The van der Waals surface area contributed by atoms with E-state index in [1.807, 2.05) is 44.2 Å². The SMILES string of the molecule is CC(C)N(C(=O)OCc1ccccc1)[C@H]1CCCC[C@H]1NCC(=O)O. The van der Waals surface area contributed by atoms with Gasteiger partial charge in [-0.25, -0.2) is 4.79 Å². The number of hydrogen-bond donors (Lipinski definition) is 2. The van der Waals surface area contributed by atoms with E-state index in [0.29, 0.717) is 0 Å². The number of nitrogens with zero attached hydrogens (tertiary/aromatic N) is 1. The number of amides is 1. The molecule has 0 aliphatic heterocycles. The van der Waals surface area contributed by atoms with E-state index in [9.17, 15) is 9.59 Å². The number of carboxylic acids is 1. The maximum Gasteiger partial charge on any atom is 0.410 e. The summed E-state index contributed by atoms with van der Waals surface area (Å²) in [6.07, 6.45) is 3.46. The molecule has 138 valence electrons. The molecule has 1 fully saturated rings. The number of carboxylic acid groups (broad SMARTS) is 1. The summed E-state index contributed by atoms with van der Waals surface area (Å²) in [7, 11) is 0. The Hall–Kier alpha value is -2.08. The first-order valence-corrected chi connectivity index (χ1v) is 8.93. The Morgan fingerprint density at radius 1 is 1.24 bits per heavy atom. The van der Waals surface area contributed by atoms with Crippen LogP contribution in [0.15, 0.2) is 30.3 Å². The Balaban J connectivity index is 2.03. The van der Waals surface area contributed by atoms with Crippen LogP contribution in [0.1, 0.15) is 45.1 Å². The summed E-state index contributed by atoms with van der Waals surface area (Å²) < 4.78 is 5.52. The first-order valence-electron chi connectivity index (χ1n) is 8.93. The smallest absolute Gasteiger partial charge is 0.410 e. The van der Waals surface area contributed by atoms with Crippen LogP contribution in [0.4, 0.5) is 4.79 Å². The highest BCUT2D eigenvalue weighted by atomic mass is 16.6. The number of benzene rings is 1. The molecular weight excluding hydrogens is 320 g/mol.